The van der Waals surface area contributed by atoms with Crippen LogP contribution in [-0.2, 0) is 0 Å². The summed E-state index contributed by atoms with van der Waals surface area (Å²) in [6, 6.07) is 5.51. The first-order valence-corrected chi connectivity index (χ1v) is 4.18. The van der Waals surface area contributed by atoms with Gasteiger partial charge in [-0.25, -0.2) is 4.79 Å². The van der Waals surface area contributed by atoms with Gasteiger partial charge in [0.1, 0.15) is 0 Å². The van der Waals surface area contributed by atoms with Crippen LogP contribution < -0.4 is 4.73 Å². The molecular weight excluding hydrogens is 198 g/mol. The highest BCUT2D eigenvalue weighted by Gasteiger charge is 2.16. The Kier molecular flexibility index (Phi) is 1.93. The van der Waals surface area contributed by atoms with Crippen molar-refractivity contribution in [2.24, 2.45) is 0 Å². The molecule has 5 heteroatoms. The van der Waals surface area contributed by atoms with E-state index < -0.39 is 5.97 Å². The molecule has 0 aliphatic heterocycles. The molecular formula is C10H7NO4. The van der Waals surface area contributed by atoms with Gasteiger partial charge in [-0.3, -0.25) is 0 Å². The first-order chi connectivity index (χ1) is 7.11. The summed E-state index contributed by atoms with van der Waals surface area (Å²) in [6.45, 7) is 0. The van der Waals surface area contributed by atoms with E-state index in [4.69, 9.17) is 5.11 Å². The predicted molar refractivity (Wildman–Crippen MR) is 51.5 cm³/mol. The van der Waals surface area contributed by atoms with Crippen LogP contribution in [0.1, 0.15) is 10.4 Å². The van der Waals surface area contributed by atoms with Crippen LogP contribution in [0.5, 0.6) is 5.75 Å². The molecule has 0 unspecified atom stereocenters. The summed E-state index contributed by atoms with van der Waals surface area (Å²) < 4.78 is 0.442. The molecule has 5 nitrogen and oxygen atoms in total. The van der Waals surface area contributed by atoms with Crippen LogP contribution in [0.25, 0.3) is 10.9 Å². The molecule has 0 spiro atoms. The van der Waals surface area contributed by atoms with Gasteiger partial charge < -0.3 is 15.4 Å². The number of carbonyl (C=O) groups is 1. The molecule has 0 bridgehead atoms. The number of aromatic nitrogens is 1. The number of pyridine rings is 1. The van der Waals surface area contributed by atoms with Crippen LogP contribution in [0.15, 0.2) is 30.5 Å². The number of phenols is 1. The number of benzene rings is 1. The van der Waals surface area contributed by atoms with E-state index in [-0.39, 0.29) is 22.2 Å². The van der Waals surface area contributed by atoms with Gasteiger partial charge in [-0.15, -0.1) is 0 Å². The van der Waals surface area contributed by atoms with Crippen LogP contribution in [-0.4, -0.2) is 16.2 Å². The van der Waals surface area contributed by atoms with E-state index in [1.54, 1.807) is 0 Å². The first kappa shape index (κ1) is 9.26. The number of nitrogens with zero attached hydrogens (tertiary/aromatic N) is 1. The van der Waals surface area contributed by atoms with Gasteiger partial charge in [0.05, 0.1) is 10.9 Å². The fourth-order valence-electron chi connectivity index (χ4n) is 1.47. The zero-order valence-corrected chi connectivity index (χ0v) is 7.54. The highest BCUT2D eigenvalue weighted by molar-refractivity contribution is 6.02. The van der Waals surface area contributed by atoms with Gasteiger partial charge in [0.15, 0.2) is 11.9 Å². The lowest BCUT2D eigenvalue weighted by Crippen LogP contribution is -2.27. The Morgan fingerprint density at radius 2 is 2.07 bits per heavy atom. The Morgan fingerprint density at radius 1 is 1.33 bits per heavy atom. The van der Waals surface area contributed by atoms with Crippen molar-refractivity contribution in [1.29, 1.82) is 0 Å². The SMILES string of the molecule is O=C(O)c1cc[n+]([O-])c2c(O)cccc12. The molecule has 0 amide bonds. The maximum absolute atomic E-state index is 11.3. The Labute approximate surface area is 84.4 Å². The third-order valence-corrected chi connectivity index (χ3v) is 2.13. The lowest BCUT2D eigenvalue weighted by molar-refractivity contribution is -0.577. The van der Waals surface area contributed by atoms with Crippen LogP contribution in [0.2, 0.25) is 0 Å². The molecule has 0 atom stereocenters. The average Bonchev–Trinajstić information content (AvgIpc) is 2.17. The van der Waals surface area contributed by atoms with Gasteiger partial charge in [-0.1, -0.05) is 6.07 Å². The van der Waals surface area contributed by atoms with Gasteiger partial charge in [-0.05, 0) is 12.1 Å². The Balaban J connectivity index is 2.95. The van der Waals surface area contributed by atoms with Gasteiger partial charge in [0.25, 0.3) is 5.52 Å². The molecule has 2 N–H and O–H groups in total. The third-order valence-electron chi connectivity index (χ3n) is 2.13. The van der Waals surface area contributed by atoms with Crippen molar-refractivity contribution in [3.05, 3.63) is 41.2 Å². The second kappa shape index (κ2) is 3.13. The van der Waals surface area contributed by atoms with E-state index in [0.29, 0.717) is 4.73 Å². The number of aromatic carboxylic acids is 1. The molecule has 0 aliphatic carbocycles. The van der Waals surface area contributed by atoms with E-state index in [9.17, 15) is 15.1 Å². The van der Waals surface area contributed by atoms with Gasteiger partial charge in [0.2, 0.25) is 0 Å². The maximum atomic E-state index is 11.3. The second-order valence-electron chi connectivity index (χ2n) is 3.03. The zero-order chi connectivity index (χ0) is 11.0. The van der Waals surface area contributed by atoms with Gasteiger partial charge >= 0.3 is 5.97 Å². The summed E-state index contributed by atoms with van der Waals surface area (Å²) in [5.74, 6) is -1.36. The fourth-order valence-corrected chi connectivity index (χ4v) is 1.47. The quantitative estimate of drug-likeness (QED) is 0.534. The Bertz CT molecular complexity index is 542. The Hall–Kier alpha value is -2.30. The van der Waals surface area contributed by atoms with Crippen molar-refractivity contribution in [2.45, 2.75) is 0 Å². The van der Waals surface area contributed by atoms with Crippen LogP contribution in [0.3, 0.4) is 0 Å². The average molecular weight is 205 g/mol. The number of carboxylic acid groups (broad SMARTS) is 1. The lowest BCUT2D eigenvalue weighted by Gasteiger charge is -2.04. The zero-order valence-electron chi connectivity index (χ0n) is 7.54. The molecule has 2 aromatic rings. The van der Waals surface area contributed by atoms with Crippen molar-refractivity contribution in [3.8, 4) is 5.75 Å². The molecule has 15 heavy (non-hydrogen) atoms. The highest BCUT2D eigenvalue weighted by Crippen LogP contribution is 2.23. The number of hydrogen-bond acceptors (Lipinski definition) is 3. The largest absolute Gasteiger partial charge is 0.618 e. The smallest absolute Gasteiger partial charge is 0.336 e. The van der Waals surface area contributed by atoms with Crippen molar-refractivity contribution in [1.82, 2.24) is 0 Å². The summed E-state index contributed by atoms with van der Waals surface area (Å²) in [5, 5.41) is 29.9. The fraction of sp³-hybridized carbons (Fsp3) is 0. The van der Waals surface area contributed by atoms with E-state index in [1.807, 2.05) is 0 Å². The number of fused-ring (bicyclic) bond motifs is 1. The van der Waals surface area contributed by atoms with E-state index in [0.717, 1.165) is 6.20 Å². The number of aromatic hydroxyl groups is 1. The summed E-state index contributed by atoms with van der Waals surface area (Å²) in [7, 11) is 0. The summed E-state index contributed by atoms with van der Waals surface area (Å²) >= 11 is 0. The maximum Gasteiger partial charge on any atom is 0.336 e. The minimum atomic E-state index is -1.13. The molecule has 1 heterocycles. The molecule has 0 aliphatic rings. The van der Waals surface area contributed by atoms with Crippen molar-refractivity contribution in [2.75, 3.05) is 0 Å². The molecule has 1 aromatic carbocycles. The summed E-state index contributed by atoms with van der Waals surface area (Å²) in [6.07, 6.45) is 1.06. The number of para-hydroxylation sites is 1. The third kappa shape index (κ3) is 1.34. The lowest BCUT2D eigenvalue weighted by atomic mass is 10.1. The highest BCUT2D eigenvalue weighted by atomic mass is 16.5. The standard InChI is InChI=1S/C10H7NO4/c12-8-3-1-2-6-7(10(13)14)4-5-11(15)9(6)8/h1-5,12H,(H,13,14). The van der Waals surface area contributed by atoms with Crippen LogP contribution >= 0.6 is 0 Å². The van der Waals surface area contributed by atoms with Gasteiger partial charge in [0, 0.05) is 6.07 Å². The molecule has 76 valence electrons. The second-order valence-corrected chi connectivity index (χ2v) is 3.03. The summed E-state index contributed by atoms with van der Waals surface area (Å²) in [5.41, 5.74) is -0.0367. The number of phenolic OH excluding ortho intramolecular Hbond substituents is 1. The Morgan fingerprint density at radius 3 is 2.73 bits per heavy atom. The van der Waals surface area contributed by atoms with E-state index in [2.05, 4.69) is 0 Å². The molecule has 0 saturated heterocycles. The summed E-state index contributed by atoms with van der Waals surface area (Å²) in [4.78, 5) is 10.8. The van der Waals surface area contributed by atoms with Crippen LogP contribution in [0, 0.1) is 5.21 Å². The minimum absolute atomic E-state index is 0.00648. The van der Waals surface area contributed by atoms with Crippen molar-refractivity contribution < 1.29 is 19.7 Å². The minimum Gasteiger partial charge on any atom is -0.618 e. The molecule has 0 fully saturated rings. The predicted octanol–water partition coefficient (Wildman–Crippen LogP) is 0.877. The number of carboxylic acids is 1. The van der Waals surface area contributed by atoms with E-state index in [1.165, 1.54) is 24.3 Å². The number of rotatable bonds is 1. The van der Waals surface area contributed by atoms with Crippen molar-refractivity contribution >= 4 is 16.9 Å². The normalized spacial score (nSPS) is 10.4. The monoisotopic (exact) mass is 205 g/mol. The molecule has 0 radical (unpaired) electrons. The molecule has 2 rings (SSSR count). The molecule has 1 aromatic heterocycles. The first-order valence-electron chi connectivity index (χ1n) is 4.18. The van der Waals surface area contributed by atoms with E-state index >= 15 is 0 Å². The molecule has 0 saturated carbocycles. The van der Waals surface area contributed by atoms with Gasteiger partial charge in [-0.2, -0.15) is 4.73 Å². The number of hydrogen-bond donors (Lipinski definition) is 2. The van der Waals surface area contributed by atoms with Crippen molar-refractivity contribution in [3.63, 3.8) is 0 Å². The topological polar surface area (TPSA) is 84.5 Å². The van der Waals surface area contributed by atoms with Crippen LogP contribution in [0.4, 0.5) is 0 Å².